The van der Waals surface area contributed by atoms with Gasteiger partial charge in [0.15, 0.2) is 5.49 Å². The van der Waals surface area contributed by atoms with E-state index in [-0.39, 0.29) is 10.5 Å². The van der Waals surface area contributed by atoms with Gasteiger partial charge in [-0.3, -0.25) is 4.79 Å². The second-order valence-electron chi connectivity index (χ2n) is 5.77. The zero-order valence-corrected chi connectivity index (χ0v) is 15.1. The summed E-state index contributed by atoms with van der Waals surface area (Å²) >= 11 is 0. The van der Waals surface area contributed by atoms with Crippen LogP contribution in [0, 0.1) is 0 Å². The average Bonchev–Trinajstić information content (AvgIpc) is 2.68. The van der Waals surface area contributed by atoms with Crippen LogP contribution < -0.4 is 10.9 Å². The van der Waals surface area contributed by atoms with E-state index in [1.165, 1.54) is 16.4 Å². The lowest BCUT2D eigenvalue weighted by atomic mass is 10.2. The Hall–Kier alpha value is -2.49. The number of rotatable bonds is 4. The molecule has 0 unspecified atom stereocenters. The number of aromatic nitrogens is 1. The number of sulfonamides is 1. The number of ether oxygens (including phenoxy) is 1. The number of hydrogen-bond donors (Lipinski definition) is 1. The molecule has 9 heteroatoms. The van der Waals surface area contributed by atoms with Crippen LogP contribution in [0.25, 0.3) is 0 Å². The second kappa shape index (κ2) is 7.81. The summed E-state index contributed by atoms with van der Waals surface area (Å²) < 4.78 is 33.7. The molecule has 1 aliphatic heterocycles. The molecule has 2 aromatic rings. The summed E-state index contributed by atoms with van der Waals surface area (Å²) in [6.45, 7) is 1.34. The molecule has 1 aromatic heterocycles. The van der Waals surface area contributed by atoms with Gasteiger partial charge in [0.25, 0.3) is 5.91 Å². The van der Waals surface area contributed by atoms with Gasteiger partial charge in [-0.25, -0.2) is 13.8 Å². The van der Waals surface area contributed by atoms with E-state index in [9.17, 15) is 13.2 Å². The number of nitrogens with one attached hydrogen (secondary N) is 1. The zero-order valence-electron chi connectivity index (χ0n) is 14.3. The van der Waals surface area contributed by atoms with E-state index in [0.717, 1.165) is 0 Å². The lowest BCUT2D eigenvalue weighted by Gasteiger charge is -2.26. The molecule has 0 radical (unpaired) electrons. The van der Waals surface area contributed by atoms with Crippen molar-refractivity contribution in [3.05, 3.63) is 59.7 Å². The van der Waals surface area contributed by atoms with E-state index in [1.54, 1.807) is 42.1 Å². The van der Waals surface area contributed by atoms with Gasteiger partial charge in [-0.05, 0) is 30.3 Å². The largest absolute Gasteiger partial charge is 0.379 e. The number of carbonyl (C=O) groups excluding carboxylic acids is 1. The summed E-state index contributed by atoms with van der Waals surface area (Å²) in [5, 5.41) is 4.05. The molecule has 1 fully saturated rings. The highest BCUT2D eigenvalue weighted by atomic mass is 32.2. The van der Waals surface area contributed by atoms with Crippen molar-refractivity contribution < 1.29 is 17.9 Å². The maximum absolute atomic E-state index is 12.7. The minimum Gasteiger partial charge on any atom is -0.379 e. The monoisotopic (exact) mass is 376 g/mol. The molecule has 1 aromatic carbocycles. The first-order valence-corrected chi connectivity index (χ1v) is 9.56. The van der Waals surface area contributed by atoms with Gasteiger partial charge < -0.3 is 9.30 Å². The van der Waals surface area contributed by atoms with E-state index in [4.69, 9.17) is 4.74 Å². The van der Waals surface area contributed by atoms with Crippen LogP contribution in [0.5, 0.6) is 0 Å². The van der Waals surface area contributed by atoms with Crippen LogP contribution in [0.1, 0.15) is 10.4 Å². The molecule has 1 N–H and O–H groups in total. The van der Waals surface area contributed by atoms with Gasteiger partial charge in [-0.1, -0.05) is 12.1 Å². The Morgan fingerprint density at radius 1 is 1.15 bits per heavy atom. The van der Waals surface area contributed by atoms with Crippen molar-refractivity contribution in [2.75, 3.05) is 26.3 Å². The smallest absolute Gasteiger partial charge is 0.271 e. The van der Waals surface area contributed by atoms with Crippen LogP contribution in [-0.4, -0.2) is 49.5 Å². The molecule has 0 spiro atoms. The molecule has 0 aliphatic carbocycles. The molecular formula is C17H20N4O4S. The summed E-state index contributed by atoms with van der Waals surface area (Å²) in [6, 6.07) is 11.3. The molecule has 0 atom stereocenters. The minimum atomic E-state index is -3.65. The van der Waals surface area contributed by atoms with Crippen LogP contribution in [0.4, 0.5) is 0 Å². The fourth-order valence-corrected chi connectivity index (χ4v) is 3.99. The van der Waals surface area contributed by atoms with Crippen molar-refractivity contribution in [2.45, 2.75) is 4.90 Å². The van der Waals surface area contributed by atoms with E-state index in [1.807, 2.05) is 6.07 Å². The first-order chi connectivity index (χ1) is 12.5. The molecule has 26 heavy (non-hydrogen) atoms. The van der Waals surface area contributed by atoms with E-state index >= 15 is 0 Å². The Morgan fingerprint density at radius 2 is 1.92 bits per heavy atom. The van der Waals surface area contributed by atoms with Gasteiger partial charge in [0, 0.05) is 31.9 Å². The maximum Gasteiger partial charge on any atom is 0.271 e. The summed E-state index contributed by atoms with van der Waals surface area (Å²) in [4.78, 5) is 12.4. The number of aryl methyl sites for hydroxylation is 1. The van der Waals surface area contributed by atoms with Crippen LogP contribution in [0.2, 0.25) is 0 Å². The number of hydrogen-bond acceptors (Lipinski definition) is 5. The van der Waals surface area contributed by atoms with Gasteiger partial charge in [-0.2, -0.15) is 9.41 Å². The van der Waals surface area contributed by atoms with Crippen molar-refractivity contribution in [1.29, 1.82) is 0 Å². The molecule has 3 rings (SSSR count). The predicted molar refractivity (Wildman–Crippen MR) is 94.5 cm³/mol. The predicted octanol–water partition coefficient (Wildman–Crippen LogP) is 0.292. The average molecular weight is 376 g/mol. The third-order valence-corrected chi connectivity index (χ3v) is 5.90. The molecule has 138 valence electrons. The number of pyridine rings is 1. The Morgan fingerprint density at radius 3 is 2.65 bits per heavy atom. The normalized spacial score (nSPS) is 16.4. The van der Waals surface area contributed by atoms with E-state index in [2.05, 4.69) is 10.5 Å². The van der Waals surface area contributed by atoms with Crippen molar-refractivity contribution in [3.8, 4) is 0 Å². The molecule has 1 saturated heterocycles. The number of morpholine rings is 1. The van der Waals surface area contributed by atoms with Gasteiger partial charge >= 0.3 is 0 Å². The first kappa shape index (κ1) is 18.3. The third kappa shape index (κ3) is 4.01. The SMILES string of the molecule is Cn1ccccc1=NNC(=O)c1cccc(S(=O)(=O)N2CCOCC2)c1. The number of benzene rings is 1. The van der Waals surface area contributed by atoms with Crippen molar-refractivity contribution in [1.82, 2.24) is 14.3 Å². The number of nitrogens with zero attached hydrogens (tertiary/aromatic N) is 3. The van der Waals surface area contributed by atoms with Crippen LogP contribution in [-0.2, 0) is 21.8 Å². The molecule has 8 nitrogen and oxygen atoms in total. The highest BCUT2D eigenvalue weighted by molar-refractivity contribution is 7.89. The summed E-state index contributed by atoms with van der Waals surface area (Å²) in [5.74, 6) is -0.479. The van der Waals surface area contributed by atoms with Crippen LogP contribution in [0.3, 0.4) is 0 Å². The molecule has 1 amide bonds. The topological polar surface area (TPSA) is 93.0 Å². The molecule has 1 aliphatic rings. The Labute approximate surface area is 151 Å². The molecular weight excluding hydrogens is 356 g/mol. The van der Waals surface area contributed by atoms with E-state index < -0.39 is 15.9 Å². The van der Waals surface area contributed by atoms with E-state index in [0.29, 0.717) is 31.8 Å². The number of amides is 1. The summed E-state index contributed by atoms with van der Waals surface area (Å²) in [7, 11) is -1.85. The molecule has 0 bridgehead atoms. The minimum absolute atomic E-state index is 0.0808. The lowest BCUT2D eigenvalue weighted by Crippen LogP contribution is -2.40. The highest BCUT2D eigenvalue weighted by Crippen LogP contribution is 2.18. The fraction of sp³-hybridized carbons (Fsp3) is 0.294. The van der Waals surface area contributed by atoms with Crippen LogP contribution >= 0.6 is 0 Å². The zero-order chi connectivity index (χ0) is 18.6. The first-order valence-electron chi connectivity index (χ1n) is 8.12. The second-order valence-corrected chi connectivity index (χ2v) is 7.70. The Balaban J connectivity index is 1.81. The van der Waals surface area contributed by atoms with Crippen molar-refractivity contribution in [2.24, 2.45) is 12.1 Å². The molecule has 0 saturated carbocycles. The number of carbonyl (C=O) groups is 1. The fourth-order valence-electron chi connectivity index (χ4n) is 2.54. The van der Waals surface area contributed by atoms with Gasteiger partial charge in [0.2, 0.25) is 10.0 Å². The van der Waals surface area contributed by atoms with Gasteiger partial charge in [0.05, 0.1) is 18.1 Å². The molecule has 2 heterocycles. The van der Waals surface area contributed by atoms with Gasteiger partial charge in [0.1, 0.15) is 0 Å². The highest BCUT2D eigenvalue weighted by Gasteiger charge is 2.26. The summed E-state index contributed by atoms with van der Waals surface area (Å²) in [6.07, 6.45) is 1.81. The summed E-state index contributed by atoms with van der Waals surface area (Å²) in [5.41, 5.74) is 3.24. The Bertz CT molecular complexity index is 962. The lowest BCUT2D eigenvalue weighted by molar-refractivity contribution is 0.0730. The maximum atomic E-state index is 12.7. The van der Waals surface area contributed by atoms with Crippen molar-refractivity contribution in [3.63, 3.8) is 0 Å². The third-order valence-electron chi connectivity index (χ3n) is 4.00. The van der Waals surface area contributed by atoms with Crippen LogP contribution in [0.15, 0.2) is 58.7 Å². The standard InChI is InChI=1S/C17H20N4O4S/c1-20-8-3-2-7-16(20)18-19-17(22)14-5-4-6-15(13-14)26(23,24)21-9-11-25-12-10-21/h2-8,13H,9-12H2,1H3,(H,19,22). The van der Waals surface area contributed by atoms with Crippen molar-refractivity contribution >= 4 is 15.9 Å². The quantitative estimate of drug-likeness (QED) is 0.777. The van der Waals surface area contributed by atoms with Gasteiger partial charge in [-0.15, -0.1) is 0 Å². The Kier molecular flexibility index (Phi) is 5.50.